The van der Waals surface area contributed by atoms with Crippen molar-refractivity contribution >= 4 is 52.4 Å². The maximum absolute atomic E-state index is 15.0. The summed E-state index contributed by atoms with van der Waals surface area (Å²) in [6, 6.07) is 14.3. The number of urea groups is 2. The SMILES string of the molecule is CNc1cc2c(cn1)CN(c1cc(NC(=O)Nc3cc(C(C)C)nn3-c3ccccc3)c(F)cc1Cl)C(=O)N2C. The van der Waals surface area contributed by atoms with E-state index in [0.29, 0.717) is 17.3 Å². The van der Waals surface area contributed by atoms with Crippen molar-refractivity contribution in [3.8, 4) is 5.69 Å². The second kappa shape index (κ2) is 10.9. The molecule has 10 nitrogen and oxygen atoms in total. The maximum atomic E-state index is 15.0. The number of nitrogens with one attached hydrogen (secondary N) is 3. The highest BCUT2D eigenvalue weighted by atomic mass is 35.5. The number of rotatable bonds is 6. The van der Waals surface area contributed by atoms with Crippen LogP contribution in [0.1, 0.15) is 31.0 Å². The molecule has 0 saturated carbocycles. The van der Waals surface area contributed by atoms with Gasteiger partial charge in [0.15, 0.2) is 0 Å². The molecule has 0 bridgehead atoms. The highest BCUT2D eigenvalue weighted by Crippen LogP contribution is 2.37. The Balaban J connectivity index is 1.41. The Labute approximate surface area is 235 Å². The molecule has 0 radical (unpaired) electrons. The number of benzene rings is 2. The smallest absolute Gasteiger partial charge is 0.329 e. The van der Waals surface area contributed by atoms with Crippen molar-refractivity contribution in [2.24, 2.45) is 0 Å². The molecule has 3 N–H and O–H groups in total. The molecule has 3 heterocycles. The molecule has 0 unspecified atom stereocenters. The van der Waals surface area contributed by atoms with Gasteiger partial charge in [-0.3, -0.25) is 15.1 Å². The van der Waals surface area contributed by atoms with E-state index in [9.17, 15) is 14.0 Å². The van der Waals surface area contributed by atoms with Gasteiger partial charge in [0, 0.05) is 38.0 Å². The number of carbonyl (C=O) groups is 2. The van der Waals surface area contributed by atoms with Crippen LogP contribution in [0, 0.1) is 5.82 Å². The van der Waals surface area contributed by atoms with Gasteiger partial charge in [0.1, 0.15) is 17.5 Å². The summed E-state index contributed by atoms with van der Waals surface area (Å²) in [5.74, 6) is 0.412. The minimum absolute atomic E-state index is 0.0252. The van der Waals surface area contributed by atoms with Crippen molar-refractivity contribution in [2.75, 3.05) is 39.8 Å². The number of hydrogen-bond donors (Lipinski definition) is 3. The van der Waals surface area contributed by atoms with Crippen LogP contribution in [0.15, 0.2) is 60.8 Å². The van der Waals surface area contributed by atoms with E-state index in [1.165, 1.54) is 15.9 Å². The molecule has 0 aliphatic carbocycles. The number of hydrogen-bond acceptors (Lipinski definition) is 5. The van der Waals surface area contributed by atoms with E-state index in [0.717, 1.165) is 23.0 Å². The Bertz CT molecular complexity index is 1590. The number of halogens is 2. The standard InChI is InChI=1S/C28H28ClFN8O2/c1-16(2)21-12-26(38(35-21)18-8-6-5-7-9-18)34-27(39)33-22-11-24(19(29)10-20(22)30)37-15-17-14-32-25(31-3)13-23(17)36(4)28(37)40/h5-14,16H,15H2,1-4H3,(H,31,32)(H2,33,34,39). The van der Waals surface area contributed by atoms with Crippen LogP contribution in [-0.2, 0) is 6.54 Å². The maximum Gasteiger partial charge on any atom is 0.329 e. The Morgan fingerprint density at radius 1 is 1.07 bits per heavy atom. The van der Waals surface area contributed by atoms with E-state index in [2.05, 4.69) is 26.0 Å². The van der Waals surface area contributed by atoms with E-state index < -0.39 is 11.8 Å². The molecule has 40 heavy (non-hydrogen) atoms. The number of carbonyl (C=O) groups excluding carboxylic acids is 2. The first kappa shape index (κ1) is 26.9. The molecule has 0 fully saturated rings. The zero-order valence-corrected chi connectivity index (χ0v) is 23.1. The molecule has 0 spiro atoms. The third-order valence-electron chi connectivity index (χ3n) is 6.56. The van der Waals surface area contributed by atoms with Gasteiger partial charge < -0.3 is 10.6 Å². The fourth-order valence-electron chi connectivity index (χ4n) is 4.40. The van der Waals surface area contributed by atoms with Crippen LogP contribution in [0.25, 0.3) is 5.69 Å². The first-order chi connectivity index (χ1) is 19.2. The van der Waals surface area contributed by atoms with Crippen molar-refractivity contribution in [1.29, 1.82) is 0 Å². The van der Waals surface area contributed by atoms with Crippen LogP contribution >= 0.6 is 11.6 Å². The van der Waals surface area contributed by atoms with Crippen LogP contribution in [0.2, 0.25) is 5.02 Å². The topological polar surface area (TPSA) is 107 Å². The van der Waals surface area contributed by atoms with Gasteiger partial charge in [0.05, 0.1) is 40.0 Å². The summed E-state index contributed by atoms with van der Waals surface area (Å²) < 4.78 is 16.6. The number of amides is 4. The number of pyridine rings is 1. The number of anilines is 5. The first-order valence-electron chi connectivity index (χ1n) is 12.6. The summed E-state index contributed by atoms with van der Waals surface area (Å²) in [6.45, 7) is 4.17. The highest BCUT2D eigenvalue weighted by Gasteiger charge is 2.31. The van der Waals surface area contributed by atoms with E-state index in [1.807, 2.05) is 44.2 Å². The largest absolute Gasteiger partial charge is 0.373 e. The fourth-order valence-corrected chi connectivity index (χ4v) is 4.65. The number of nitrogens with zero attached hydrogens (tertiary/aromatic N) is 5. The molecule has 5 rings (SSSR count). The number of para-hydroxylation sites is 1. The number of fused-ring (bicyclic) bond motifs is 1. The molecule has 0 atom stereocenters. The average molecular weight is 563 g/mol. The van der Waals surface area contributed by atoms with Gasteiger partial charge in [-0.15, -0.1) is 0 Å². The Hall–Kier alpha value is -4.64. The third kappa shape index (κ3) is 5.15. The Morgan fingerprint density at radius 3 is 2.52 bits per heavy atom. The first-order valence-corrected chi connectivity index (χ1v) is 13.0. The van der Waals surface area contributed by atoms with E-state index in [4.69, 9.17) is 11.6 Å². The molecular weight excluding hydrogens is 535 g/mol. The van der Waals surface area contributed by atoms with Crippen molar-refractivity contribution in [2.45, 2.75) is 26.3 Å². The summed E-state index contributed by atoms with van der Waals surface area (Å²) in [7, 11) is 3.38. The molecule has 1 aliphatic rings. The van der Waals surface area contributed by atoms with Crippen molar-refractivity contribution in [3.63, 3.8) is 0 Å². The van der Waals surface area contributed by atoms with Gasteiger partial charge in [-0.2, -0.15) is 5.10 Å². The quantitative estimate of drug-likeness (QED) is 0.250. The second-order valence-corrected chi connectivity index (χ2v) is 10.0. The van der Waals surface area contributed by atoms with Crippen LogP contribution in [0.3, 0.4) is 0 Å². The van der Waals surface area contributed by atoms with Crippen LogP contribution in [0.5, 0.6) is 0 Å². The Kier molecular flexibility index (Phi) is 7.31. The molecule has 206 valence electrons. The summed E-state index contributed by atoms with van der Waals surface area (Å²) in [5, 5.41) is 12.9. The van der Waals surface area contributed by atoms with Gasteiger partial charge in [-0.1, -0.05) is 43.6 Å². The van der Waals surface area contributed by atoms with Gasteiger partial charge in [-0.05, 0) is 30.2 Å². The fraction of sp³-hybridized carbons (Fsp3) is 0.214. The monoisotopic (exact) mass is 562 g/mol. The summed E-state index contributed by atoms with van der Waals surface area (Å²) in [6.07, 6.45) is 1.67. The zero-order chi connectivity index (χ0) is 28.6. The lowest BCUT2D eigenvalue weighted by Gasteiger charge is -2.35. The molecule has 2 aromatic heterocycles. The Morgan fingerprint density at radius 2 is 1.82 bits per heavy atom. The van der Waals surface area contributed by atoms with Crippen LogP contribution < -0.4 is 25.8 Å². The molecule has 0 saturated heterocycles. The predicted molar refractivity (Wildman–Crippen MR) is 155 cm³/mol. The molecule has 4 amide bonds. The lowest BCUT2D eigenvalue weighted by atomic mass is 10.1. The second-order valence-electron chi connectivity index (χ2n) is 9.60. The molecule has 4 aromatic rings. The van der Waals surface area contributed by atoms with Gasteiger partial charge in [-0.25, -0.2) is 23.6 Å². The van der Waals surface area contributed by atoms with Crippen LogP contribution in [-0.4, -0.2) is 40.9 Å². The van der Waals surface area contributed by atoms with Crippen molar-refractivity contribution in [3.05, 3.63) is 82.9 Å². The third-order valence-corrected chi connectivity index (χ3v) is 6.87. The van der Waals surface area contributed by atoms with Crippen molar-refractivity contribution < 1.29 is 14.0 Å². The van der Waals surface area contributed by atoms with Gasteiger partial charge in [0.25, 0.3) is 0 Å². The lowest BCUT2D eigenvalue weighted by molar-refractivity contribution is 0.251. The average Bonchev–Trinajstić information content (AvgIpc) is 3.36. The normalized spacial score (nSPS) is 12.9. The molecule has 12 heteroatoms. The van der Waals surface area contributed by atoms with Gasteiger partial charge >= 0.3 is 12.1 Å². The van der Waals surface area contributed by atoms with E-state index in [-0.39, 0.29) is 34.9 Å². The predicted octanol–water partition coefficient (Wildman–Crippen LogP) is 6.45. The van der Waals surface area contributed by atoms with Crippen molar-refractivity contribution in [1.82, 2.24) is 14.8 Å². The zero-order valence-electron chi connectivity index (χ0n) is 22.4. The van der Waals surface area contributed by atoms with E-state index in [1.54, 1.807) is 37.1 Å². The van der Waals surface area contributed by atoms with E-state index >= 15 is 0 Å². The van der Waals surface area contributed by atoms with Gasteiger partial charge in [0.2, 0.25) is 0 Å². The molecule has 1 aliphatic heterocycles. The summed E-state index contributed by atoms with van der Waals surface area (Å²) in [5.41, 5.74) is 3.13. The highest BCUT2D eigenvalue weighted by molar-refractivity contribution is 6.34. The summed E-state index contributed by atoms with van der Waals surface area (Å²) in [4.78, 5) is 33.5. The lowest BCUT2D eigenvalue weighted by Crippen LogP contribution is -2.45. The number of aromatic nitrogens is 3. The minimum atomic E-state index is -0.748. The summed E-state index contributed by atoms with van der Waals surface area (Å²) >= 11 is 6.39. The molecule has 2 aromatic carbocycles. The minimum Gasteiger partial charge on any atom is -0.373 e. The molecular formula is C28H28ClFN8O2. The van der Waals surface area contributed by atoms with Crippen LogP contribution in [0.4, 0.5) is 42.7 Å².